The molecule has 0 saturated heterocycles. The van der Waals surface area contributed by atoms with Gasteiger partial charge in [0.25, 0.3) is 5.16 Å². The van der Waals surface area contributed by atoms with Crippen LogP contribution in [-0.2, 0) is 9.84 Å². The van der Waals surface area contributed by atoms with Gasteiger partial charge < -0.3 is 0 Å². The highest BCUT2D eigenvalue weighted by molar-refractivity contribution is 7.91. The van der Waals surface area contributed by atoms with Crippen LogP contribution in [-0.4, -0.2) is 34.4 Å². The van der Waals surface area contributed by atoms with Crippen LogP contribution in [0.3, 0.4) is 0 Å². The normalized spacial score (nSPS) is 11.8. The van der Waals surface area contributed by atoms with Gasteiger partial charge in [0.15, 0.2) is 0 Å². The summed E-state index contributed by atoms with van der Waals surface area (Å²) in [5, 5.41) is 10.9. The molecule has 7 heteroatoms. The maximum absolute atomic E-state index is 12.6. The Labute approximate surface area is 136 Å². The first-order valence-corrected chi connectivity index (χ1v) is 8.97. The van der Waals surface area contributed by atoms with Crippen molar-refractivity contribution in [3.63, 3.8) is 0 Å². The molecule has 23 heavy (non-hydrogen) atoms. The SMILES string of the molecule is CC#CCC(C)(C)CCS(=O)(=O)c1nnnn1-c1ccccc1. The lowest BCUT2D eigenvalue weighted by Crippen LogP contribution is -2.20. The van der Waals surface area contributed by atoms with Gasteiger partial charge >= 0.3 is 0 Å². The van der Waals surface area contributed by atoms with E-state index in [-0.39, 0.29) is 16.3 Å². The summed E-state index contributed by atoms with van der Waals surface area (Å²) in [6, 6.07) is 8.98. The Balaban J connectivity index is 2.21. The molecule has 0 radical (unpaired) electrons. The number of para-hydroxylation sites is 1. The summed E-state index contributed by atoms with van der Waals surface area (Å²) < 4.78 is 26.5. The monoisotopic (exact) mass is 332 g/mol. The third-order valence-electron chi connectivity index (χ3n) is 3.51. The van der Waals surface area contributed by atoms with Gasteiger partial charge in [-0.15, -0.1) is 11.8 Å². The fourth-order valence-corrected chi connectivity index (χ4v) is 3.59. The summed E-state index contributed by atoms with van der Waals surface area (Å²) in [5.41, 5.74) is 0.438. The van der Waals surface area contributed by atoms with Crippen molar-refractivity contribution in [3.05, 3.63) is 30.3 Å². The number of hydrogen-bond donors (Lipinski definition) is 0. The molecule has 122 valence electrons. The number of benzene rings is 1. The molecule has 1 aromatic carbocycles. The van der Waals surface area contributed by atoms with Crippen LogP contribution in [0.4, 0.5) is 0 Å². The molecule has 2 rings (SSSR count). The van der Waals surface area contributed by atoms with Crippen LogP contribution in [0.5, 0.6) is 0 Å². The number of hydrogen-bond acceptors (Lipinski definition) is 5. The molecule has 0 spiro atoms. The number of nitrogens with zero attached hydrogens (tertiary/aromatic N) is 4. The Hall–Kier alpha value is -2.20. The first kappa shape index (κ1) is 17.2. The molecule has 0 aliphatic rings. The quantitative estimate of drug-likeness (QED) is 0.758. The van der Waals surface area contributed by atoms with Crippen molar-refractivity contribution >= 4 is 9.84 Å². The van der Waals surface area contributed by atoms with E-state index >= 15 is 0 Å². The summed E-state index contributed by atoms with van der Waals surface area (Å²) in [6.07, 6.45) is 1.15. The van der Waals surface area contributed by atoms with E-state index in [1.165, 1.54) is 4.68 Å². The van der Waals surface area contributed by atoms with E-state index in [4.69, 9.17) is 0 Å². The van der Waals surface area contributed by atoms with Crippen molar-refractivity contribution in [2.45, 2.75) is 38.8 Å². The minimum absolute atomic E-state index is 0.0153. The lowest BCUT2D eigenvalue weighted by atomic mass is 9.87. The smallest absolute Gasteiger partial charge is 0.220 e. The van der Waals surface area contributed by atoms with Crippen LogP contribution in [0.2, 0.25) is 0 Å². The number of aromatic nitrogens is 4. The summed E-state index contributed by atoms with van der Waals surface area (Å²) in [6.45, 7) is 5.79. The maximum Gasteiger partial charge on any atom is 0.272 e. The Morgan fingerprint density at radius 1 is 1.22 bits per heavy atom. The van der Waals surface area contributed by atoms with Crippen molar-refractivity contribution in [2.24, 2.45) is 5.41 Å². The van der Waals surface area contributed by atoms with Crippen LogP contribution in [0.25, 0.3) is 5.69 Å². The maximum atomic E-state index is 12.6. The molecule has 0 N–H and O–H groups in total. The van der Waals surface area contributed by atoms with Gasteiger partial charge in [0.1, 0.15) is 0 Å². The molecule has 0 unspecified atom stereocenters. The van der Waals surface area contributed by atoms with Gasteiger partial charge in [-0.1, -0.05) is 37.1 Å². The largest absolute Gasteiger partial charge is 0.272 e. The van der Waals surface area contributed by atoms with E-state index < -0.39 is 9.84 Å². The molecular formula is C16H20N4O2S. The minimum atomic E-state index is -3.58. The molecule has 6 nitrogen and oxygen atoms in total. The van der Waals surface area contributed by atoms with Crippen LogP contribution >= 0.6 is 0 Å². The van der Waals surface area contributed by atoms with E-state index in [1.807, 2.05) is 19.9 Å². The van der Waals surface area contributed by atoms with E-state index in [0.717, 1.165) is 0 Å². The van der Waals surface area contributed by atoms with E-state index in [9.17, 15) is 8.42 Å². The van der Waals surface area contributed by atoms with Crippen LogP contribution in [0, 0.1) is 17.3 Å². The summed E-state index contributed by atoms with van der Waals surface area (Å²) >= 11 is 0. The standard InChI is InChI=1S/C16H20N4O2S/c1-4-5-11-16(2,3)12-13-23(21,22)15-17-18-19-20(15)14-9-7-6-8-10-14/h6-10H,11-13H2,1-3H3. The van der Waals surface area contributed by atoms with Gasteiger partial charge in [-0.3, -0.25) is 0 Å². The van der Waals surface area contributed by atoms with E-state index in [2.05, 4.69) is 27.4 Å². The van der Waals surface area contributed by atoms with Gasteiger partial charge in [-0.05, 0) is 41.3 Å². The molecule has 1 heterocycles. The molecule has 0 fully saturated rings. The van der Waals surface area contributed by atoms with Crippen LogP contribution < -0.4 is 0 Å². The molecule has 0 atom stereocenters. The topological polar surface area (TPSA) is 77.7 Å². The lowest BCUT2D eigenvalue weighted by Gasteiger charge is -2.21. The molecule has 2 aromatic rings. The summed E-state index contributed by atoms with van der Waals surface area (Å²) in [4.78, 5) is 0. The molecular weight excluding hydrogens is 312 g/mol. The van der Waals surface area contributed by atoms with Gasteiger partial charge in [0, 0.05) is 6.42 Å². The van der Waals surface area contributed by atoms with Gasteiger partial charge in [0.05, 0.1) is 11.4 Å². The van der Waals surface area contributed by atoms with Gasteiger partial charge in [-0.25, -0.2) is 8.42 Å². The zero-order valence-corrected chi connectivity index (χ0v) is 14.3. The van der Waals surface area contributed by atoms with E-state index in [0.29, 0.717) is 18.5 Å². The molecule has 1 aromatic heterocycles. The molecule has 0 aliphatic carbocycles. The predicted molar refractivity (Wildman–Crippen MR) is 87.7 cm³/mol. The number of sulfone groups is 1. The summed E-state index contributed by atoms with van der Waals surface area (Å²) in [7, 11) is -3.58. The Morgan fingerprint density at radius 3 is 2.57 bits per heavy atom. The molecule has 0 bridgehead atoms. The first-order valence-electron chi connectivity index (χ1n) is 7.32. The Morgan fingerprint density at radius 2 is 1.91 bits per heavy atom. The second-order valence-electron chi connectivity index (χ2n) is 6.05. The fourth-order valence-electron chi connectivity index (χ4n) is 2.02. The predicted octanol–water partition coefficient (Wildman–Crippen LogP) is 2.27. The zero-order chi connectivity index (χ0) is 16.9. The van der Waals surface area contributed by atoms with E-state index in [1.54, 1.807) is 31.2 Å². The number of tetrazole rings is 1. The summed E-state index contributed by atoms with van der Waals surface area (Å²) in [5.74, 6) is 5.83. The second kappa shape index (κ2) is 6.92. The van der Waals surface area contributed by atoms with Gasteiger partial charge in [-0.2, -0.15) is 4.68 Å². The Kier molecular flexibility index (Phi) is 5.16. The third kappa shape index (κ3) is 4.39. The van der Waals surface area contributed by atoms with Crippen LogP contribution in [0.15, 0.2) is 35.5 Å². The van der Waals surface area contributed by atoms with Crippen molar-refractivity contribution in [1.29, 1.82) is 0 Å². The average molecular weight is 332 g/mol. The number of rotatable bonds is 6. The van der Waals surface area contributed by atoms with Crippen molar-refractivity contribution < 1.29 is 8.42 Å². The highest BCUT2D eigenvalue weighted by Gasteiger charge is 2.27. The zero-order valence-electron chi connectivity index (χ0n) is 13.5. The fraction of sp³-hybridized carbons (Fsp3) is 0.438. The molecule has 0 amide bonds. The highest BCUT2D eigenvalue weighted by Crippen LogP contribution is 2.26. The van der Waals surface area contributed by atoms with Crippen molar-refractivity contribution in [1.82, 2.24) is 20.2 Å². The molecule has 0 aliphatic heterocycles. The van der Waals surface area contributed by atoms with Crippen molar-refractivity contribution in [3.8, 4) is 17.5 Å². The Bertz CT molecular complexity index is 815. The minimum Gasteiger partial charge on any atom is -0.220 e. The highest BCUT2D eigenvalue weighted by atomic mass is 32.2. The average Bonchev–Trinajstić information content (AvgIpc) is 3.03. The van der Waals surface area contributed by atoms with Crippen LogP contribution in [0.1, 0.15) is 33.6 Å². The molecule has 0 saturated carbocycles. The van der Waals surface area contributed by atoms with Gasteiger partial charge in [0.2, 0.25) is 9.84 Å². The third-order valence-corrected chi connectivity index (χ3v) is 5.06. The first-order chi connectivity index (χ1) is 10.9. The second-order valence-corrected chi connectivity index (χ2v) is 8.05. The lowest BCUT2D eigenvalue weighted by molar-refractivity contribution is 0.362. The van der Waals surface area contributed by atoms with Crippen molar-refractivity contribution in [2.75, 3.05) is 5.75 Å².